The lowest BCUT2D eigenvalue weighted by Crippen LogP contribution is -2.36. The summed E-state index contributed by atoms with van der Waals surface area (Å²) in [7, 11) is 1.34. The van der Waals surface area contributed by atoms with Gasteiger partial charge in [0.2, 0.25) is 0 Å². The molecule has 1 unspecified atom stereocenters. The van der Waals surface area contributed by atoms with Gasteiger partial charge in [0, 0.05) is 28.0 Å². The second-order valence-electron chi connectivity index (χ2n) is 5.84. The molecule has 0 fully saturated rings. The second kappa shape index (κ2) is 8.85. The van der Waals surface area contributed by atoms with Gasteiger partial charge < -0.3 is 9.47 Å². The van der Waals surface area contributed by atoms with E-state index in [4.69, 9.17) is 9.47 Å². The van der Waals surface area contributed by atoms with Crippen molar-refractivity contribution in [2.75, 3.05) is 19.5 Å². The number of nitrogens with zero attached hydrogens (tertiary/aromatic N) is 1. The zero-order valence-electron chi connectivity index (χ0n) is 14.9. The largest absolute Gasteiger partial charge is 0.468 e. The Hall–Kier alpha value is -2.08. The highest BCUT2D eigenvalue weighted by Gasteiger charge is 2.38. The lowest BCUT2D eigenvalue weighted by atomic mass is 9.81. The first-order chi connectivity index (χ1) is 12.0. The fraction of sp³-hybridized carbons (Fsp3) is 0.421. The molecule has 6 heteroatoms. The minimum Gasteiger partial charge on any atom is -0.468 e. The van der Waals surface area contributed by atoms with Gasteiger partial charge >= 0.3 is 11.9 Å². The van der Waals surface area contributed by atoms with Crippen LogP contribution in [-0.4, -0.2) is 37.1 Å². The molecule has 0 radical (unpaired) electrons. The summed E-state index contributed by atoms with van der Waals surface area (Å²) in [6, 6.07) is 9.94. The highest BCUT2D eigenvalue weighted by molar-refractivity contribution is 7.99. The topological polar surface area (TPSA) is 65.0 Å². The zero-order chi connectivity index (χ0) is 18.4. The molecule has 0 aromatic heterocycles. The van der Waals surface area contributed by atoms with Gasteiger partial charge in [0.1, 0.15) is 12.5 Å². The maximum absolute atomic E-state index is 12.5. The number of allylic oxidation sites excluding steroid dienone is 1. The normalized spacial score (nSPS) is 20.1. The number of thioether (sulfide) groups is 1. The fourth-order valence-corrected chi connectivity index (χ4v) is 3.73. The van der Waals surface area contributed by atoms with Crippen LogP contribution in [0.2, 0.25) is 0 Å². The molecule has 0 aliphatic carbocycles. The quantitative estimate of drug-likeness (QED) is 0.441. The number of rotatable bonds is 6. The summed E-state index contributed by atoms with van der Waals surface area (Å²) in [4.78, 5) is 30.0. The van der Waals surface area contributed by atoms with Crippen LogP contribution in [0.1, 0.15) is 20.8 Å². The van der Waals surface area contributed by atoms with Crippen molar-refractivity contribution in [2.24, 2.45) is 16.8 Å². The summed E-state index contributed by atoms with van der Waals surface area (Å²) >= 11 is 1.63. The Morgan fingerprint density at radius 2 is 1.88 bits per heavy atom. The molecule has 1 aliphatic heterocycles. The summed E-state index contributed by atoms with van der Waals surface area (Å²) < 4.78 is 10.2. The van der Waals surface area contributed by atoms with Crippen LogP contribution in [0, 0.1) is 11.8 Å². The Morgan fingerprint density at radius 1 is 1.20 bits per heavy atom. The number of methoxy groups -OCH3 is 1. The third-order valence-corrected chi connectivity index (χ3v) is 5.12. The minimum absolute atomic E-state index is 0.299. The van der Waals surface area contributed by atoms with E-state index in [0.717, 1.165) is 4.90 Å². The van der Waals surface area contributed by atoms with Gasteiger partial charge in [-0.25, -0.2) is 4.79 Å². The molecular weight excluding hydrogens is 338 g/mol. The predicted octanol–water partition coefficient (Wildman–Crippen LogP) is 3.50. The lowest BCUT2D eigenvalue weighted by Gasteiger charge is -2.28. The van der Waals surface area contributed by atoms with E-state index in [1.54, 1.807) is 25.6 Å². The van der Waals surface area contributed by atoms with Crippen LogP contribution in [0.5, 0.6) is 0 Å². The molecule has 0 bridgehead atoms. The highest BCUT2D eigenvalue weighted by Crippen LogP contribution is 2.32. The molecule has 0 spiro atoms. The summed E-state index contributed by atoms with van der Waals surface area (Å²) in [6.45, 7) is 5.68. The second-order valence-corrected chi connectivity index (χ2v) is 7.01. The Balaban J connectivity index is 1.97. The standard InChI is InChI=1S/C19H23NO4S/c1-12-16(18(21)23-4)13(2)20-14(3)17(12)19(22)24-10-11-25-15-8-6-5-7-9-15/h5-9,12,16H,10-11H2,1-4H3/t12-,16?/m0/s1. The Kier molecular flexibility index (Phi) is 6.82. The molecule has 1 heterocycles. The molecule has 1 aromatic carbocycles. The highest BCUT2D eigenvalue weighted by atomic mass is 32.2. The molecule has 0 N–H and O–H groups in total. The summed E-state index contributed by atoms with van der Waals surface area (Å²) in [5, 5.41) is 0. The first-order valence-corrected chi connectivity index (χ1v) is 9.13. The third-order valence-electron chi connectivity index (χ3n) is 4.14. The van der Waals surface area contributed by atoms with E-state index < -0.39 is 11.9 Å². The molecule has 0 amide bonds. The van der Waals surface area contributed by atoms with Gasteiger partial charge in [-0.2, -0.15) is 0 Å². The summed E-state index contributed by atoms with van der Waals surface area (Å²) in [6.07, 6.45) is 0. The van der Waals surface area contributed by atoms with Gasteiger partial charge in [-0.1, -0.05) is 25.1 Å². The van der Waals surface area contributed by atoms with E-state index in [9.17, 15) is 9.59 Å². The van der Waals surface area contributed by atoms with E-state index in [1.807, 2.05) is 37.3 Å². The van der Waals surface area contributed by atoms with Gasteiger partial charge in [-0.05, 0) is 26.0 Å². The number of hydrogen-bond acceptors (Lipinski definition) is 6. The van der Waals surface area contributed by atoms with E-state index in [0.29, 0.717) is 29.3 Å². The van der Waals surface area contributed by atoms with Crippen molar-refractivity contribution in [1.82, 2.24) is 0 Å². The average molecular weight is 361 g/mol. The molecule has 2 atom stereocenters. The number of hydrogen-bond donors (Lipinski definition) is 0. The van der Waals surface area contributed by atoms with Gasteiger partial charge in [0.15, 0.2) is 0 Å². The van der Waals surface area contributed by atoms with Gasteiger partial charge in [0.05, 0.1) is 12.7 Å². The SMILES string of the molecule is COC(=O)C1C(C)=NC(C)=C(C(=O)OCCSc2ccccc2)[C@H]1C. The van der Waals surface area contributed by atoms with E-state index in [2.05, 4.69) is 4.99 Å². The van der Waals surface area contributed by atoms with Crippen LogP contribution < -0.4 is 0 Å². The van der Waals surface area contributed by atoms with Crippen molar-refractivity contribution in [1.29, 1.82) is 0 Å². The van der Waals surface area contributed by atoms with Gasteiger partial charge in [-0.3, -0.25) is 9.79 Å². The number of benzene rings is 1. The first kappa shape index (κ1) is 19.2. The lowest BCUT2D eigenvalue weighted by molar-refractivity contribution is -0.144. The molecule has 134 valence electrons. The van der Waals surface area contributed by atoms with Crippen LogP contribution >= 0.6 is 11.8 Å². The van der Waals surface area contributed by atoms with Crippen molar-refractivity contribution in [2.45, 2.75) is 25.7 Å². The number of ether oxygens (including phenoxy) is 2. The molecule has 5 nitrogen and oxygen atoms in total. The van der Waals surface area contributed by atoms with Crippen LogP contribution in [0.3, 0.4) is 0 Å². The van der Waals surface area contributed by atoms with Gasteiger partial charge in [0.25, 0.3) is 0 Å². The van der Waals surface area contributed by atoms with Crippen molar-refractivity contribution < 1.29 is 19.1 Å². The Morgan fingerprint density at radius 3 is 2.52 bits per heavy atom. The monoisotopic (exact) mass is 361 g/mol. The van der Waals surface area contributed by atoms with Crippen molar-refractivity contribution in [3.63, 3.8) is 0 Å². The van der Waals surface area contributed by atoms with Crippen molar-refractivity contribution in [3.8, 4) is 0 Å². The summed E-state index contributed by atoms with van der Waals surface area (Å²) in [5.74, 6) is -0.997. The van der Waals surface area contributed by atoms with E-state index in [-0.39, 0.29) is 11.9 Å². The smallest absolute Gasteiger partial charge is 0.336 e. The summed E-state index contributed by atoms with van der Waals surface area (Å²) in [5.41, 5.74) is 1.71. The molecular formula is C19H23NO4S. The number of carbonyl (C=O) groups excluding carboxylic acids is 2. The average Bonchev–Trinajstić information content (AvgIpc) is 2.59. The molecule has 2 rings (SSSR count). The van der Waals surface area contributed by atoms with Crippen molar-refractivity contribution >= 4 is 29.4 Å². The molecule has 25 heavy (non-hydrogen) atoms. The third kappa shape index (κ3) is 4.72. The Labute approximate surface area is 152 Å². The van der Waals surface area contributed by atoms with Crippen LogP contribution in [-0.2, 0) is 19.1 Å². The number of carbonyl (C=O) groups is 2. The van der Waals surface area contributed by atoms with Crippen molar-refractivity contribution in [3.05, 3.63) is 41.6 Å². The maximum atomic E-state index is 12.5. The fourth-order valence-electron chi connectivity index (χ4n) is 2.98. The first-order valence-electron chi connectivity index (χ1n) is 8.14. The van der Waals surface area contributed by atoms with E-state index in [1.165, 1.54) is 7.11 Å². The maximum Gasteiger partial charge on any atom is 0.336 e. The molecule has 0 saturated heterocycles. The Bertz CT molecular complexity index is 697. The van der Waals surface area contributed by atoms with Crippen LogP contribution in [0.4, 0.5) is 0 Å². The molecule has 1 aromatic rings. The van der Waals surface area contributed by atoms with Crippen LogP contribution in [0.25, 0.3) is 0 Å². The number of aliphatic imine (C=N–C) groups is 1. The molecule has 1 aliphatic rings. The van der Waals surface area contributed by atoms with Gasteiger partial charge in [-0.15, -0.1) is 11.8 Å². The minimum atomic E-state index is -0.546. The zero-order valence-corrected chi connectivity index (χ0v) is 15.8. The molecule has 0 saturated carbocycles. The number of esters is 2. The predicted molar refractivity (Wildman–Crippen MR) is 98.6 cm³/mol. The van der Waals surface area contributed by atoms with Crippen LogP contribution in [0.15, 0.2) is 51.5 Å². The van der Waals surface area contributed by atoms with E-state index >= 15 is 0 Å².